The second-order valence-corrected chi connectivity index (χ2v) is 10.6. The first-order valence-corrected chi connectivity index (χ1v) is 12.0. The third-order valence-electron chi connectivity index (χ3n) is 5.04. The molecule has 1 N–H and O–H groups in total. The van der Waals surface area contributed by atoms with Crippen LogP contribution in [0.5, 0.6) is 0 Å². The van der Waals surface area contributed by atoms with E-state index in [0.717, 1.165) is 32.0 Å². The lowest BCUT2D eigenvalue weighted by molar-refractivity contribution is 0.0977. The van der Waals surface area contributed by atoms with Gasteiger partial charge in [0, 0.05) is 43.9 Å². The summed E-state index contributed by atoms with van der Waals surface area (Å²) < 4.78 is 40.2. The minimum atomic E-state index is -3.87. The second-order valence-electron chi connectivity index (χ2n) is 7.55. The fraction of sp³-hybridized carbons (Fsp3) is 0.400. The lowest BCUT2D eigenvalue weighted by Crippen LogP contribution is -2.46. The fourth-order valence-electron chi connectivity index (χ4n) is 3.12. The van der Waals surface area contributed by atoms with Crippen LogP contribution in [0.4, 0.5) is 10.2 Å². The molecule has 2 aromatic rings. The summed E-state index contributed by atoms with van der Waals surface area (Å²) in [6.07, 6.45) is 1.61. The highest BCUT2D eigenvalue weighted by Crippen LogP contribution is 2.24. The number of pyridine rings is 1. The van der Waals surface area contributed by atoms with Crippen molar-refractivity contribution < 1.29 is 17.6 Å². The molecule has 31 heavy (non-hydrogen) atoms. The van der Waals surface area contributed by atoms with Gasteiger partial charge in [-0.15, -0.1) is 0 Å². The topological polar surface area (TPSA) is 82.6 Å². The van der Waals surface area contributed by atoms with E-state index >= 15 is 0 Å². The molecule has 0 aliphatic carbocycles. The molecule has 1 aromatic heterocycles. The largest absolute Gasteiger partial charge is 0.354 e. The molecule has 7 nitrogen and oxygen atoms in total. The number of benzene rings is 1. The number of hydrogen-bond donors (Lipinski definition) is 1. The Morgan fingerprint density at radius 1 is 1.19 bits per heavy atom. The SMILES string of the molecule is CC(C)S(=O)(=O)NC(=O)c1cc(Cl)c(CN2CCN(c3ccc(Cl)cn3)CC2)cc1F. The molecule has 11 heteroatoms. The smallest absolute Gasteiger partial charge is 0.267 e. The van der Waals surface area contributed by atoms with Crippen LogP contribution in [-0.4, -0.2) is 55.6 Å². The van der Waals surface area contributed by atoms with Gasteiger partial charge in [0.25, 0.3) is 5.91 Å². The molecule has 0 bridgehead atoms. The van der Waals surface area contributed by atoms with Gasteiger partial charge in [-0.25, -0.2) is 22.5 Å². The van der Waals surface area contributed by atoms with Crippen molar-refractivity contribution in [2.75, 3.05) is 31.1 Å². The van der Waals surface area contributed by atoms with E-state index in [0.29, 0.717) is 17.1 Å². The minimum Gasteiger partial charge on any atom is -0.354 e. The van der Waals surface area contributed by atoms with Crippen LogP contribution in [0.15, 0.2) is 30.5 Å². The molecular formula is C20H23Cl2FN4O3S. The second kappa shape index (κ2) is 9.68. The van der Waals surface area contributed by atoms with Crippen molar-refractivity contribution >= 4 is 45.0 Å². The fourth-order valence-corrected chi connectivity index (χ4v) is 4.06. The van der Waals surface area contributed by atoms with Crippen molar-refractivity contribution in [3.05, 3.63) is 57.5 Å². The lowest BCUT2D eigenvalue weighted by atomic mass is 10.1. The highest BCUT2D eigenvalue weighted by Gasteiger charge is 2.24. The van der Waals surface area contributed by atoms with Crippen molar-refractivity contribution in [1.29, 1.82) is 0 Å². The quantitative estimate of drug-likeness (QED) is 0.671. The number of carbonyl (C=O) groups excluding carboxylic acids is 1. The minimum absolute atomic E-state index is 0.204. The molecule has 168 valence electrons. The monoisotopic (exact) mass is 488 g/mol. The van der Waals surface area contributed by atoms with Crippen LogP contribution in [0.1, 0.15) is 29.8 Å². The molecule has 1 aromatic carbocycles. The predicted octanol–water partition coefficient (Wildman–Crippen LogP) is 3.32. The van der Waals surface area contributed by atoms with Gasteiger partial charge in [0.1, 0.15) is 11.6 Å². The van der Waals surface area contributed by atoms with Crippen molar-refractivity contribution in [1.82, 2.24) is 14.6 Å². The molecule has 1 aliphatic rings. The Hall–Kier alpha value is -1.94. The van der Waals surface area contributed by atoms with Gasteiger partial charge >= 0.3 is 0 Å². The average Bonchev–Trinajstić information content (AvgIpc) is 2.71. The molecule has 0 spiro atoms. The number of piperazine rings is 1. The van der Waals surface area contributed by atoms with Crippen LogP contribution in [0, 0.1) is 5.82 Å². The zero-order valence-corrected chi connectivity index (χ0v) is 19.4. The van der Waals surface area contributed by atoms with Gasteiger partial charge in [-0.1, -0.05) is 23.2 Å². The Morgan fingerprint density at radius 2 is 1.87 bits per heavy atom. The number of halogens is 3. The van der Waals surface area contributed by atoms with Crippen molar-refractivity contribution in [3.8, 4) is 0 Å². The number of nitrogens with zero attached hydrogens (tertiary/aromatic N) is 3. The van der Waals surface area contributed by atoms with Gasteiger partial charge in [-0.3, -0.25) is 9.69 Å². The van der Waals surface area contributed by atoms with Gasteiger partial charge in [-0.2, -0.15) is 0 Å². The molecule has 0 radical (unpaired) electrons. The summed E-state index contributed by atoms with van der Waals surface area (Å²) in [6, 6.07) is 6.02. The molecular weight excluding hydrogens is 466 g/mol. The Morgan fingerprint density at radius 3 is 2.45 bits per heavy atom. The average molecular weight is 489 g/mol. The van der Waals surface area contributed by atoms with E-state index in [4.69, 9.17) is 23.2 Å². The summed E-state index contributed by atoms with van der Waals surface area (Å²) >= 11 is 12.2. The Bertz CT molecular complexity index is 1060. The summed E-state index contributed by atoms with van der Waals surface area (Å²) in [5, 5.41) is -0.0377. The molecule has 1 fully saturated rings. The number of anilines is 1. The number of hydrogen-bond acceptors (Lipinski definition) is 6. The van der Waals surface area contributed by atoms with Gasteiger partial charge in [-0.05, 0) is 43.7 Å². The number of aromatic nitrogens is 1. The third-order valence-corrected chi connectivity index (χ3v) is 7.32. The van der Waals surface area contributed by atoms with E-state index in [1.807, 2.05) is 10.8 Å². The van der Waals surface area contributed by atoms with E-state index in [1.165, 1.54) is 26.0 Å². The zero-order valence-electron chi connectivity index (χ0n) is 17.1. The van der Waals surface area contributed by atoms with Gasteiger partial charge in [0.15, 0.2) is 0 Å². The van der Waals surface area contributed by atoms with Gasteiger partial charge < -0.3 is 4.90 Å². The van der Waals surface area contributed by atoms with E-state index < -0.39 is 32.6 Å². The molecule has 2 heterocycles. The standard InChI is InChI=1S/C20H23Cl2FN4O3S/c1-13(2)31(29,30)25-20(28)16-10-17(22)14(9-18(16)23)12-26-5-7-27(8-6-26)19-4-3-15(21)11-24-19/h3-4,9-11,13H,5-8,12H2,1-2H3,(H,25,28). The zero-order chi connectivity index (χ0) is 22.8. The van der Waals surface area contributed by atoms with Crippen LogP contribution >= 0.6 is 23.2 Å². The molecule has 3 rings (SSSR count). The van der Waals surface area contributed by atoms with E-state index in [9.17, 15) is 17.6 Å². The third kappa shape index (κ3) is 5.85. The van der Waals surface area contributed by atoms with E-state index in [-0.39, 0.29) is 5.02 Å². The van der Waals surface area contributed by atoms with Crippen LogP contribution in [0.3, 0.4) is 0 Å². The van der Waals surface area contributed by atoms with Crippen molar-refractivity contribution in [2.24, 2.45) is 0 Å². The van der Waals surface area contributed by atoms with Gasteiger partial charge in [0.05, 0.1) is 15.8 Å². The number of amides is 1. The number of nitrogens with one attached hydrogen (secondary N) is 1. The molecule has 1 amide bonds. The number of rotatable bonds is 6. The van der Waals surface area contributed by atoms with Crippen LogP contribution in [0.2, 0.25) is 10.0 Å². The van der Waals surface area contributed by atoms with Crippen LogP contribution in [-0.2, 0) is 16.6 Å². The Balaban J connectivity index is 1.65. The molecule has 0 atom stereocenters. The van der Waals surface area contributed by atoms with Crippen molar-refractivity contribution in [3.63, 3.8) is 0 Å². The highest BCUT2D eigenvalue weighted by atomic mass is 35.5. The molecule has 0 unspecified atom stereocenters. The van der Waals surface area contributed by atoms with Crippen LogP contribution in [0.25, 0.3) is 0 Å². The van der Waals surface area contributed by atoms with Crippen LogP contribution < -0.4 is 9.62 Å². The molecule has 0 saturated carbocycles. The Kier molecular flexibility index (Phi) is 7.41. The summed E-state index contributed by atoms with van der Waals surface area (Å²) in [5.41, 5.74) is 0.122. The normalized spacial score (nSPS) is 15.4. The van der Waals surface area contributed by atoms with Gasteiger partial charge in [0.2, 0.25) is 10.0 Å². The summed E-state index contributed by atoms with van der Waals surface area (Å²) in [6.45, 7) is 6.16. The first-order valence-electron chi connectivity index (χ1n) is 9.69. The highest BCUT2D eigenvalue weighted by molar-refractivity contribution is 7.90. The Labute approximate surface area is 191 Å². The van der Waals surface area contributed by atoms with E-state index in [2.05, 4.69) is 14.8 Å². The maximum absolute atomic E-state index is 14.6. The number of sulfonamides is 1. The predicted molar refractivity (Wildman–Crippen MR) is 120 cm³/mol. The maximum Gasteiger partial charge on any atom is 0.267 e. The first-order chi connectivity index (χ1) is 14.6. The number of carbonyl (C=O) groups is 1. The van der Waals surface area contributed by atoms with E-state index in [1.54, 1.807) is 12.3 Å². The molecule has 1 aliphatic heterocycles. The maximum atomic E-state index is 14.6. The first kappa shape index (κ1) is 23.7. The van der Waals surface area contributed by atoms with Crippen molar-refractivity contribution in [2.45, 2.75) is 25.6 Å². The summed E-state index contributed by atoms with van der Waals surface area (Å²) in [4.78, 5) is 20.8. The lowest BCUT2D eigenvalue weighted by Gasteiger charge is -2.35. The molecule has 1 saturated heterocycles. The summed E-state index contributed by atoms with van der Waals surface area (Å²) in [5.74, 6) is -1.01. The summed E-state index contributed by atoms with van der Waals surface area (Å²) in [7, 11) is -3.87.